The van der Waals surface area contributed by atoms with Crippen LogP contribution in [0.5, 0.6) is 0 Å². The number of ether oxygens (including phenoxy) is 2. The van der Waals surface area contributed by atoms with Crippen molar-refractivity contribution in [2.75, 3.05) is 6.61 Å². The number of amides is 1. The minimum absolute atomic E-state index is 0. The fourth-order valence-electron chi connectivity index (χ4n) is 1.66. The van der Waals surface area contributed by atoms with Gasteiger partial charge in [-0.25, -0.2) is 4.79 Å². The van der Waals surface area contributed by atoms with Crippen LogP contribution in [-0.2, 0) is 9.47 Å². The molecule has 1 fully saturated rings. The van der Waals surface area contributed by atoms with E-state index >= 15 is 0 Å². The van der Waals surface area contributed by atoms with Crippen LogP contribution in [0.15, 0.2) is 0 Å². The number of hydrogen-bond acceptors (Lipinski definition) is 5. The zero-order chi connectivity index (χ0) is 14.9. The first-order valence-corrected chi connectivity index (χ1v) is 6.11. The van der Waals surface area contributed by atoms with Gasteiger partial charge in [-0.15, -0.1) is 0 Å². The molecule has 106 valence electrons. The summed E-state index contributed by atoms with van der Waals surface area (Å²) in [5.41, 5.74) is -0.483. The van der Waals surface area contributed by atoms with E-state index in [0.717, 1.165) is 12.8 Å². The van der Waals surface area contributed by atoms with Crippen molar-refractivity contribution in [3.63, 3.8) is 0 Å². The van der Waals surface area contributed by atoms with Gasteiger partial charge in [0.1, 0.15) is 5.60 Å². The molecular weight excluding hydrogens is 285 g/mol. The van der Waals surface area contributed by atoms with Crippen molar-refractivity contribution in [1.29, 1.82) is 10.5 Å². The predicted octanol–water partition coefficient (Wildman–Crippen LogP) is -0.927. The van der Waals surface area contributed by atoms with Crippen LogP contribution in [0.2, 0.25) is 0 Å². The van der Waals surface area contributed by atoms with Gasteiger partial charge in [0.25, 0.3) is 0 Å². The molecule has 1 amide bonds. The molecule has 0 radical (unpaired) electrons. The first-order chi connectivity index (χ1) is 8.90. The molecule has 20 heavy (non-hydrogen) atoms. The van der Waals surface area contributed by atoms with E-state index in [2.05, 4.69) is 11.4 Å². The van der Waals surface area contributed by atoms with Crippen LogP contribution in [0.1, 0.15) is 40.0 Å². The maximum atomic E-state index is 11.5. The number of carbonyl (C=O) groups is 1. The third kappa shape index (κ3) is 10.6. The van der Waals surface area contributed by atoms with E-state index in [4.69, 9.17) is 26.6 Å². The zero-order valence-electron chi connectivity index (χ0n) is 12.6. The van der Waals surface area contributed by atoms with Gasteiger partial charge in [-0.05, 0) is 33.6 Å². The first kappa shape index (κ1) is 22.1. The summed E-state index contributed by atoms with van der Waals surface area (Å²) in [4.78, 5) is 11.5. The predicted molar refractivity (Wildman–Crippen MR) is 67.3 cm³/mol. The molecule has 0 saturated carbocycles. The number of nitrogens with zero attached hydrogens (tertiary/aromatic N) is 2. The van der Waals surface area contributed by atoms with Crippen LogP contribution in [-0.4, -0.2) is 30.4 Å². The van der Waals surface area contributed by atoms with Gasteiger partial charge in [-0.1, -0.05) is 0 Å². The average Bonchev–Trinajstić information content (AvgIpc) is 2.32. The van der Waals surface area contributed by atoms with Crippen LogP contribution in [0.4, 0.5) is 4.79 Å². The van der Waals surface area contributed by atoms with Gasteiger partial charge < -0.3 is 26.6 Å². The van der Waals surface area contributed by atoms with Gasteiger partial charge in [0.2, 0.25) is 0 Å². The fraction of sp³-hybridized carbons (Fsp3) is 0.769. The van der Waals surface area contributed by atoms with Crippen molar-refractivity contribution < 1.29 is 65.7 Å². The van der Waals surface area contributed by atoms with Crippen molar-refractivity contribution in [1.82, 2.24) is 5.32 Å². The zero-order valence-corrected chi connectivity index (χ0v) is 15.7. The van der Waals surface area contributed by atoms with Crippen LogP contribution in [0.25, 0.3) is 0 Å². The van der Waals surface area contributed by atoms with Crippen LogP contribution < -0.4 is 56.7 Å². The summed E-state index contributed by atoms with van der Waals surface area (Å²) in [6.07, 6.45) is 1.64. The molecule has 0 aromatic carbocycles. The quantitative estimate of drug-likeness (QED) is 0.525. The Morgan fingerprint density at radius 1 is 1.45 bits per heavy atom. The van der Waals surface area contributed by atoms with Crippen molar-refractivity contribution in [2.45, 2.75) is 57.8 Å². The molecule has 6 nitrogen and oxygen atoms in total. The second kappa shape index (κ2) is 11.5. The van der Waals surface area contributed by atoms with E-state index in [9.17, 15) is 4.79 Å². The third-order valence-electron chi connectivity index (χ3n) is 2.41. The first-order valence-electron chi connectivity index (χ1n) is 6.11. The van der Waals surface area contributed by atoms with E-state index in [1.807, 2.05) is 20.8 Å². The van der Waals surface area contributed by atoms with Gasteiger partial charge in [-0.2, -0.15) is 5.26 Å². The molecule has 1 rings (SSSR count). The third-order valence-corrected chi connectivity index (χ3v) is 2.41. The van der Waals surface area contributed by atoms with E-state index in [-0.39, 0.29) is 63.5 Å². The number of nitrogens with one attached hydrogen (secondary N) is 1. The molecule has 1 heterocycles. The Kier molecular flexibility index (Phi) is 12.7. The molecule has 7 heteroatoms. The summed E-state index contributed by atoms with van der Waals surface area (Å²) < 4.78 is 10.6. The van der Waals surface area contributed by atoms with Crippen molar-refractivity contribution in [3.8, 4) is 6.07 Å². The molecule has 1 N–H and O–H groups in total. The smallest absolute Gasteiger partial charge is 0.512 e. The minimum Gasteiger partial charge on any atom is -0.512 e. The molecule has 0 aromatic rings. The van der Waals surface area contributed by atoms with E-state index in [1.165, 1.54) is 0 Å². The van der Waals surface area contributed by atoms with E-state index in [0.29, 0.717) is 13.0 Å². The van der Waals surface area contributed by atoms with Gasteiger partial charge in [-0.3, -0.25) is 0 Å². The maximum Gasteiger partial charge on any atom is 1.00 e. The second-order valence-corrected chi connectivity index (χ2v) is 5.24. The molecule has 1 aliphatic heterocycles. The summed E-state index contributed by atoms with van der Waals surface area (Å²) >= 11 is 0. The molecule has 0 aliphatic carbocycles. The Balaban J connectivity index is 0. The number of carbonyl (C=O) groups excluding carboxylic acids is 1. The fourth-order valence-corrected chi connectivity index (χ4v) is 1.66. The molecule has 2 atom stereocenters. The molecule has 0 bridgehead atoms. The number of rotatable bonds is 2. The largest absolute Gasteiger partial charge is 1.00 e. The number of hydrogen-bond donors (Lipinski definition) is 1. The molecule has 0 aromatic heterocycles. The Morgan fingerprint density at radius 2 is 2.05 bits per heavy atom. The van der Waals surface area contributed by atoms with Gasteiger partial charge in [0.05, 0.1) is 31.2 Å². The maximum absolute atomic E-state index is 11.5. The normalized spacial score (nSPS) is 21.2. The summed E-state index contributed by atoms with van der Waals surface area (Å²) in [5.74, 6) is 0. The van der Waals surface area contributed by atoms with E-state index in [1.54, 1.807) is 0 Å². The van der Waals surface area contributed by atoms with Crippen molar-refractivity contribution >= 4 is 6.09 Å². The Labute approximate surface area is 163 Å². The monoisotopic (exact) mass is 305 g/mol. The van der Waals surface area contributed by atoms with Gasteiger partial charge in [0.15, 0.2) is 0 Å². The topological polar surface area (TPSA) is 95.1 Å². The van der Waals surface area contributed by atoms with Gasteiger partial charge >= 0.3 is 57.5 Å². The van der Waals surface area contributed by atoms with Crippen LogP contribution in [0.3, 0.4) is 0 Å². The minimum atomic E-state index is -0.483. The summed E-state index contributed by atoms with van der Waals surface area (Å²) in [7, 11) is 0. The molecule has 0 unspecified atom stereocenters. The van der Waals surface area contributed by atoms with Crippen LogP contribution >= 0.6 is 0 Å². The average molecular weight is 305 g/mol. The summed E-state index contributed by atoms with van der Waals surface area (Å²) in [5, 5.41) is 17.6. The summed E-state index contributed by atoms with van der Waals surface area (Å²) in [6.45, 7) is 10.7. The van der Waals surface area contributed by atoms with Crippen molar-refractivity contribution in [2.24, 2.45) is 0 Å². The molecule has 0 spiro atoms. The molecule has 1 saturated heterocycles. The Bertz CT molecular complexity index is 339. The standard InChI is InChI=1S/C12H20N2O3.CN.K/c1-12(2,3)17-11(15)14-9-4-5-10(6-7-13)16-8-9;1-2;/h9-10H,4-6,8H2,1-3H3,(H,14,15);;/q;-1;+1/t9-,10+;;/m1../s1. The van der Waals surface area contributed by atoms with Crippen molar-refractivity contribution in [3.05, 3.63) is 6.57 Å². The van der Waals surface area contributed by atoms with E-state index < -0.39 is 11.7 Å². The Morgan fingerprint density at radius 3 is 2.45 bits per heavy atom. The van der Waals surface area contributed by atoms with Crippen LogP contribution in [0, 0.1) is 23.2 Å². The molecular formula is C13H20KN3O3. The SMILES string of the molecule is CC(C)(C)OC(=O)N[C@@H]1CC[C@@H](CC#N)OC1.[C-]#N.[K+]. The summed E-state index contributed by atoms with van der Waals surface area (Å²) in [6, 6.07) is 2.07. The Hall–Kier alpha value is -0.154. The number of alkyl carbamates (subject to hydrolysis) is 1. The second-order valence-electron chi connectivity index (χ2n) is 5.24. The van der Waals surface area contributed by atoms with Gasteiger partial charge in [0, 0.05) is 0 Å². The molecule has 1 aliphatic rings. The number of nitriles is 1.